The minimum Gasteiger partial charge on any atom is -0.264 e. The molecule has 0 fully saturated rings. The van der Waals surface area contributed by atoms with E-state index in [0.29, 0.717) is 6.17 Å². The second kappa shape index (κ2) is 2.46. The fraction of sp³-hybridized carbons (Fsp3) is 0.286. The Labute approximate surface area is 50.8 Å². The Morgan fingerprint density at radius 2 is 2.75 bits per heavy atom. The van der Waals surface area contributed by atoms with Crippen molar-refractivity contribution in [2.24, 2.45) is 0 Å². The van der Waals surface area contributed by atoms with Crippen molar-refractivity contribution in [1.82, 2.24) is 4.98 Å². The minimum atomic E-state index is 0.403. The smallest absolute Gasteiger partial charge is 0.0843 e. The molecule has 0 aromatic carbocycles. The zero-order chi connectivity index (χ0) is 6.69. The van der Waals surface area contributed by atoms with Crippen LogP contribution in [0.15, 0.2) is 24.5 Å². The molecule has 1 aromatic rings. The normalized spacial score (nSPS) is 10.9. The van der Waals surface area contributed by atoms with E-state index in [1.807, 2.05) is 19.1 Å². The number of hydrogen-bond donors (Lipinski definition) is 0. The van der Waals surface area contributed by atoms with Crippen molar-refractivity contribution in [3.63, 3.8) is 0 Å². The van der Waals surface area contributed by atoms with E-state index in [9.17, 15) is 0 Å². The lowest BCUT2D eigenvalue weighted by Gasteiger charge is -1.88. The van der Waals surface area contributed by atoms with Crippen LogP contribution in [0.5, 0.6) is 0 Å². The zero-order valence-electron chi connectivity index (χ0n) is 5.89. The summed E-state index contributed by atoms with van der Waals surface area (Å²) in [5, 5.41) is 0. The molecule has 0 N–H and O–H groups in total. The van der Waals surface area contributed by atoms with Gasteiger partial charge in [0.25, 0.3) is 0 Å². The van der Waals surface area contributed by atoms with Gasteiger partial charge in [0.15, 0.2) is 0 Å². The van der Waals surface area contributed by atoms with Crippen LogP contribution in [0.25, 0.3) is 0 Å². The fourth-order valence-corrected chi connectivity index (χ4v) is 0.557. The standard InChI is InChI=1S/C7H9N/c1-2-7-4-3-5-8-6-7/h3-6H,2H2,1H3/i6D. The molecule has 0 spiro atoms. The summed E-state index contributed by atoms with van der Waals surface area (Å²) in [5.74, 6) is 0. The molecule has 1 heterocycles. The Hall–Kier alpha value is -0.850. The molecule has 0 saturated carbocycles. The van der Waals surface area contributed by atoms with Crippen molar-refractivity contribution >= 4 is 0 Å². The fourth-order valence-electron chi connectivity index (χ4n) is 0.557. The summed E-state index contributed by atoms with van der Waals surface area (Å²) in [5.41, 5.74) is 1.01. The number of rotatable bonds is 1. The number of nitrogens with zero attached hydrogens (tertiary/aromatic N) is 1. The molecule has 0 saturated heterocycles. The Kier molecular flexibility index (Phi) is 1.25. The molecule has 1 aromatic heterocycles. The van der Waals surface area contributed by atoms with Crippen molar-refractivity contribution in [3.8, 4) is 0 Å². The molecule has 0 amide bonds. The van der Waals surface area contributed by atoms with Gasteiger partial charge in [-0.25, -0.2) is 0 Å². The molecule has 0 radical (unpaired) electrons. The SMILES string of the molecule is [2H]c1ncccc1CC. The van der Waals surface area contributed by atoms with Crippen molar-refractivity contribution in [1.29, 1.82) is 0 Å². The average Bonchev–Trinajstić information content (AvgIpc) is 1.89. The van der Waals surface area contributed by atoms with Gasteiger partial charge in [0.2, 0.25) is 0 Å². The maximum absolute atomic E-state index is 7.26. The van der Waals surface area contributed by atoms with Crippen LogP contribution in [-0.4, -0.2) is 4.98 Å². The topological polar surface area (TPSA) is 12.9 Å². The van der Waals surface area contributed by atoms with Crippen LogP contribution in [0.3, 0.4) is 0 Å². The van der Waals surface area contributed by atoms with Gasteiger partial charge < -0.3 is 0 Å². The summed E-state index contributed by atoms with van der Waals surface area (Å²) in [6, 6.07) is 3.78. The molecule has 0 aliphatic carbocycles. The van der Waals surface area contributed by atoms with Gasteiger partial charge in [0.05, 0.1) is 1.37 Å². The van der Waals surface area contributed by atoms with Crippen LogP contribution in [0.1, 0.15) is 13.9 Å². The summed E-state index contributed by atoms with van der Waals surface area (Å²) in [7, 11) is 0. The minimum absolute atomic E-state index is 0.403. The first-order chi connectivity index (χ1) is 4.34. The molecule has 1 rings (SSSR count). The largest absolute Gasteiger partial charge is 0.264 e. The van der Waals surface area contributed by atoms with E-state index in [1.54, 1.807) is 6.20 Å². The molecule has 0 aliphatic heterocycles. The molecular formula is C7H9N. The van der Waals surface area contributed by atoms with Crippen molar-refractivity contribution < 1.29 is 1.37 Å². The quantitative estimate of drug-likeness (QED) is 0.533. The van der Waals surface area contributed by atoms with E-state index in [-0.39, 0.29) is 0 Å². The molecule has 1 nitrogen and oxygen atoms in total. The Balaban J connectivity index is 3.01. The van der Waals surface area contributed by atoms with Crippen LogP contribution in [0.4, 0.5) is 0 Å². The molecule has 0 atom stereocenters. The van der Waals surface area contributed by atoms with E-state index >= 15 is 0 Å². The third kappa shape index (κ3) is 1.06. The first kappa shape index (κ1) is 4.07. The predicted octanol–water partition coefficient (Wildman–Crippen LogP) is 1.64. The second-order valence-electron chi connectivity index (χ2n) is 1.63. The number of pyridine rings is 1. The maximum atomic E-state index is 7.26. The van der Waals surface area contributed by atoms with Gasteiger partial charge in [-0.15, -0.1) is 0 Å². The molecule has 42 valence electrons. The van der Waals surface area contributed by atoms with Gasteiger partial charge >= 0.3 is 0 Å². The molecule has 0 unspecified atom stereocenters. The van der Waals surface area contributed by atoms with E-state index in [4.69, 9.17) is 1.37 Å². The zero-order valence-corrected chi connectivity index (χ0v) is 4.89. The highest BCUT2D eigenvalue weighted by atomic mass is 14.6. The van der Waals surface area contributed by atoms with Gasteiger partial charge in [-0.1, -0.05) is 13.0 Å². The van der Waals surface area contributed by atoms with Gasteiger partial charge in [-0.2, -0.15) is 0 Å². The number of aromatic nitrogens is 1. The maximum Gasteiger partial charge on any atom is 0.0843 e. The molecule has 8 heavy (non-hydrogen) atoms. The number of aryl methyl sites for hydroxylation is 1. The van der Waals surface area contributed by atoms with Gasteiger partial charge in [0.1, 0.15) is 0 Å². The molecule has 0 aliphatic rings. The lowest BCUT2D eigenvalue weighted by Crippen LogP contribution is -1.77. The van der Waals surface area contributed by atoms with Crippen molar-refractivity contribution in [2.75, 3.05) is 0 Å². The Bertz CT molecular complexity index is 198. The highest BCUT2D eigenvalue weighted by molar-refractivity contribution is 5.07. The first-order valence-corrected chi connectivity index (χ1v) is 2.75. The van der Waals surface area contributed by atoms with E-state index in [2.05, 4.69) is 4.98 Å². The van der Waals surface area contributed by atoms with Gasteiger partial charge in [-0.05, 0) is 18.1 Å². The average molecular weight is 108 g/mol. The summed E-state index contributed by atoms with van der Waals surface area (Å²) in [6.07, 6.45) is 2.94. The highest BCUT2D eigenvalue weighted by Crippen LogP contribution is 1.93. The van der Waals surface area contributed by atoms with Gasteiger partial charge in [0, 0.05) is 12.4 Å². The van der Waals surface area contributed by atoms with Crippen LogP contribution in [0.2, 0.25) is 0 Å². The number of hydrogen-bond acceptors (Lipinski definition) is 1. The summed E-state index contributed by atoms with van der Waals surface area (Å²) < 4.78 is 7.26. The van der Waals surface area contributed by atoms with Crippen LogP contribution >= 0.6 is 0 Å². The molecule has 1 heteroatoms. The third-order valence-electron chi connectivity index (χ3n) is 1.05. The summed E-state index contributed by atoms with van der Waals surface area (Å²) >= 11 is 0. The monoisotopic (exact) mass is 108 g/mol. The first-order valence-electron chi connectivity index (χ1n) is 3.25. The summed E-state index contributed by atoms with van der Waals surface area (Å²) in [4.78, 5) is 3.82. The van der Waals surface area contributed by atoms with Crippen LogP contribution in [0, 0.1) is 0 Å². The highest BCUT2D eigenvalue weighted by Gasteiger charge is 1.81. The lowest BCUT2D eigenvalue weighted by atomic mass is 10.2. The molecule has 0 bridgehead atoms. The van der Waals surface area contributed by atoms with Crippen molar-refractivity contribution in [2.45, 2.75) is 13.3 Å². The van der Waals surface area contributed by atoms with E-state index < -0.39 is 0 Å². The molecular weight excluding hydrogens is 98.1 g/mol. The van der Waals surface area contributed by atoms with Crippen LogP contribution < -0.4 is 0 Å². The Morgan fingerprint density at radius 3 is 3.25 bits per heavy atom. The summed E-state index contributed by atoms with van der Waals surface area (Å²) in [6.45, 7) is 2.02. The second-order valence-corrected chi connectivity index (χ2v) is 1.63. The lowest BCUT2D eigenvalue weighted by molar-refractivity contribution is 1.10. The van der Waals surface area contributed by atoms with Crippen molar-refractivity contribution in [3.05, 3.63) is 30.1 Å². The van der Waals surface area contributed by atoms with Gasteiger partial charge in [-0.3, -0.25) is 4.98 Å². The van der Waals surface area contributed by atoms with E-state index in [1.165, 1.54) is 0 Å². The predicted molar refractivity (Wildman–Crippen MR) is 33.6 cm³/mol. The third-order valence-corrected chi connectivity index (χ3v) is 1.05. The van der Waals surface area contributed by atoms with Crippen LogP contribution in [-0.2, 0) is 6.42 Å². The Morgan fingerprint density at radius 1 is 1.88 bits per heavy atom. The van der Waals surface area contributed by atoms with E-state index in [0.717, 1.165) is 12.0 Å².